The van der Waals surface area contributed by atoms with Gasteiger partial charge in [-0.05, 0) is 6.07 Å². The molecule has 3 heterocycles. The average Bonchev–Trinajstić information content (AvgIpc) is 2.96. The lowest BCUT2D eigenvalue weighted by molar-refractivity contribution is -0.169. The Labute approximate surface area is 123 Å². The topological polar surface area (TPSA) is 86.9 Å². The molecular weight excluding hydrogens is 274 g/mol. The maximum absolute atomic E-state index is 11.9. The fourth-order valence-electron chi connectivity index (χ4n) is 2.83. The van der Waals surface area contributed by atoms with Crippen LogP contribution in [0.2, 0.25) is 0 Å². The summed E-state index contributed by atoms with van der Waals surface area (Å²) in [5.41, 5.74) is 6.55. The van der Waals surface area contributed by atoms with Crippen molar-refractivity contribution in [1.29, 1.82) is 0 Å². The molecule has 1 aromatic heterocycles. The zero-order valence-electron chi connectivity index (χ0n) is 12.0. The van der Waals surface area contributed by atoms with E-state index in [2.05, 4.69) is 4.98 Å². The molecule has 0 radical (unpaired) electrons. The summed E-state index contributed by atoms with van der Waals surface area (Å²) in [6, 6.07) is 1.60. The summed E-state index contributed by atoms with van der Waals surface area (Å²) in [6.45, 7) is 2.71. The van der Waals surface area contributed by atoms with E-state index in [0.717, 1.165) is 12.8 Å². The van der Waals surface area contributed by atoms with Crippen molar-refractivity contribution in [2.24, 2.45) is 0 Å². The maximum Gasteiger partial charge on any atom is 0.341 e. The van der Waals surface area contributed by atoms with Gasteiger partial charge in [-0.15, -0.1) is 0 Å². The van der Waals surface area contributed by atoms with Crippen LogP contribution in [0.4, 0.5) is 11.5 Å². The number of rotatable bonds is 2. The number of esters is 1. The van der Waals surface area contributed by atoms with Gasteiger partial charge in [-0.1, -0.05) is 0 Å². The quantitative estimate of drug-likeness (QED) is 0.807. The first-order valence-electron chi connectivity index (χ1n) is 7.00. The molecule has 3 rings (SSSR count). The lowest BCUT2D eigenvalue weighted by atomic mass is 10.0. The summed E-state index contributed by atoms with van der Waals surface area (Å²) in [5, 5.41) is 0. The molecule has 7 nitrogen and oxygen atoms in total. The number of carbonyl (C=O) groups is 1. The molecule has 1 aromatic rings. The molecule has 2 fully saturated rings. The molecule has 0 saturated carbocycles. The molecule has 21 heavy (non-hydrogen) atoms. The monoisotopic (exact) mass is 293 g/mol. The normalized spacial score (nSPS) is 20.7. The molecule has 0 bridgehead atoms. The van der Waals surface area contributed by atoms with E-state index in [1.54, 1.807) is 12.3 Å². The number of aromatic nitrogens is 1. The minimum Gasteiger partial charge on any atom is -0.465 e. The molecule has 0 aromatic carbocycles. The van der Waals surface area contributed by atoms with Crippen molar-refractivity contribution >= 4 is 17.5 Å². The molecule has 0 atom stereocenters. The summed E-state index contributed by atoms with van der Waals surface area (Å²) >= 11 is 0. The van der Waals surface area contributed by atoms with Crippen LogP contribution in [0, 0.1) is 0 Å². The molecule has 114 valence electrons. The number of methoxy groups -OCH3 is 1. The Morgan fingerprint density at radius 1 is 1.38 bits per heavy atom. The molecule has 0 aliphatic carbocycles. The van der Waals surface area contributed by atoms with E-state index in [9.17, 15) is 4.79 Å². The van der Waals surface area contributed by atoms with Crippen LogP contribution in [0.25, 0.3) is 0 Å². The highest BCUT2D eigenvalue weighted by Crippen LogP contribution is 2.33. The van der Waals surface area contributed by atoms with Gasteiger partial charge in [0.15, 0.2) is 5.79 Å². The fourth-order valence-corrected chi connectivity index (χ4v) is 2.83. The summed E-state index contributed by atoms with van der Waals surface area (Å²) < 4.78 is 16.2. The summed E-state index contributed by atoms with van der Waals surface area (Å²) in [4.78, 5) is 18.2. The molecule has 0 amide bonds. The Balaban J connectivity index is 1.80. The second kappa shape index (κ2) is 5.50. The summed E-state index contributed by atoms with van der Waals surface area (Å²) in [5.74, 6) is -0.280. The third-order valence-corrected chi connectivity index (χ3v) is 3.93. The van der Waals surface area contributed by atoms with Gasteiger partial charge < -0.3 is 24.8 Å². The number of piperidine rings is 1. The van der Waals surface area contributed by atoms with Crippen LogP contribution in [0.1, 0.15) is 23.2 Å². The second-order valence-electron chi connectivity index (χ2n) is 5.23. The Morgan fingerprint density at radius 2 is 2.05 bits per heavy atom. The van der Waals surface area contributed by atoms with E-state index in [1.807, 2.05) is 4.90 Å². The van der Waals surface area contributed by atoms with E-state index in [1.165, 1.54) is 7.11 Å². The SMILES string of the molecule is COC(=O)c1cc(N)cnc1N1CCC2(CC1)OCCO2. The number of hydrogen-bond donors (Lipinski definition) is 1. The summed E-state index contributed by atoms with van der Waals surface area (Å²) in [7, 11) is 1.35. The zero-order chi connectivity index (χ0) is 14.9. The number of anilines is 2. The second-order valence-corrected chi connectivity index (χ2v) is 5.23. The van der Waals surface area contributed by atoms with E-state index in [0.29, 0.717) is 43.4 Å². The first kappa shape index (κ1) is 14.1. The van der Waals surface area contributed by atoms with Gasteiger partial charge in [0.1, 0.15) is 11.4 Å². The number of hydrogen-bond acceptors (Lipinski definition) is 7. The highest BCUT2D eigenvalue weighted by atomic mass is 16.7. The van der Waals surface area contributed by atoms with Gasteiger partial charge in [0.05, 0.1) is 32.2 Å². The molecule has 7 heteroatoms. The third kappa shape index (κ3) is 2.66. The predicted molar refractivity (Wildman–Crippen MR) is 76.1 cm³/mol. The predicted octanol–water partition coefficient (Wildman–Crippen LogP) is 0.794. The van der Waals surface area contributed by atoms with Gasteiger partial charge in [-0.3, -0.25) is 0 Å². The van der Waals surface area contributed by atoms with Crippen molar-refractivity contribution in [1.82, 2.24) is 4.98 Å². The van der Waals surface area contributed by atoms with Gasteiger partial charge in [0.2, 0.25) is 0 Å². The van der Waals surface area contributed by atoms with Gasteiger partial charge in [-0.25, -0.2) is 9.78 Å². The number of pyridine rings is 1. The van der Waals surface area contributed by atoms with Crippen molar-refractivity contribution in [2.45, 2.75) is 18.6 Å². The molecule has 1 spiro atoms. The van der Waals surface area contributed by atoms with Gasteiger partial charge in [0, 0.05) is 25.9 Å². The van der Waals surface area contributed by atoms with Crippen LogP contribution in [-0.4, -0.2) is 50.2 Å². The smallest absolute Gasteiger partial charge is 0.341 e. The Bertz CT molecular complexity index is 533. The largest absolute Gasteiger partial charge is 0.465 e. The van der Waals surface area contributed by atoms with Gasteiger partial charge >= 0.3 is 5.97 Å². The molecule has 2 saturated heterocycles. The minimum absolute atomic E-state index is 0.390. The molecular formula is C14H19N3O4. The zero-order valence-corrected chi connectivity index (χ0v) is 12.0. The van der Waals surface area contributed by atoms with Gasteiger partial charge in [0.25, 0.3) is 0 Å². The first-order valence-corrected chi connectivity index (χ1v) is 7.00. The van der Waals surface area contributed by atoms with E-state index in [-0.39, 0.29) is 0 Å². The number of ether oxygens (including phenoxy) is 3. The van der Waals surface area contributed by atoms with Crippen molar-refractivity contribution in [3.05, 3.63) is 17.8 Å². The van der Waals surface area contributed by atoms with E-state index < -0.39 is 11.8 Å². The van der Waals surface area contributed by atoms with Gasteiger partial charge in [-0.2, -0.15) is 0 Å². The lowest BCUT2D eigenvalue weighted by Gasteiger charge is -2.38. The van der Waals surface area contributed by atoms with Crippen molar-refractivity contribution < 1.29 is 19.0 Å². The van der Waals surface area contributed by atoms with E-state index in [4.69, 9.17) is 19.9 Å². The maximum atomic E-state index is 11.9. The third-order valence-electron chi connectivity index (χ3n) is 3.93. The van der Waals surface area contributed by atoms with Crippen LogP contribution in [0.3, 0.4) is 0 Å². The Kier molecular flexibility index (Phi) is 3.69. The highest BCUT2D eigenvalue weighted by molar-refractivity contribution is 5.95. The first-order chi connectivity index (χ1) is 10.1. The van der Waals surface area contributed by atoms with Crippen LogP contribution in [-0.2, 0) is 14.2 Å². The summed E-state index contributed by atoms with van der Waals surface area (Å²) in [6.07, 6.45) is 3.05. The number of nitrogen functional groups attached to an aromatic ring is 1. The van der Waals surface area contributed by atoms with Crippen molar-refractivity contribution in [2.75, 3.05) is 44.0 Å². The van der Waals surface area contributed by atoms with Crippen molar-refractivity contribution in [3.8, 4) is 0 Å². The highest BCUT2D eigenvalue weighted by Gasteiger charge is 2.40. The number of nitrogens with zero attached hydrogens (tertiary/aromatic N) is 2. The number of nitrogens with two attached hydrogens (primary N) is 1. The Morgan fingerprint density at radius 3 is 2.67 bits per heavy atom. The van der Waals surface area contributed by atoms with E-state index >= 15 is 0 Å². The molecule has 0 unspecified atom stereocenters. The molecule has 2 aliphatic heterocycles. The average molecular weight is 293 g/mol. The molecule has 2 N–H and O–H groups in total. The lowest BCUT2D eigenvalue weighted by Crippen LogP contribution is -2.45. The fraction of sp³-hybridized carbons (Fsp3) is 0.571. The standard InChI is InChI=1S/C14H19N3O4/c1-19-13(18)11-8-10(15)9-16-12(11)17-4-2-14(3-5-17)20-6-7-21-14/h8-9H,2-7,15H2,1H3. The Hall–Kier alpha value is -1.86. The molecule has 2 aliphatic rings. The van der Waals surface area contributed by atoms with Crippen LogP contribution in [0.5, 0.6) is 0 Å². The van der Waals surface area contributed by atoms with Crippen LogP contribution >= 0.6 is 0 Å². The van der Waals surface area contributed by atoms with Crippen molar-refractivity contribution in [3.63, 3.8) is 0 Å². The number of carbonyl (C=O) groups excluding carboxylic acids is 1. The van der Waals surface area contributed by atoms with Crippen LogP contribution in [0.15, 0.2) is 12.3 Å². The minimum atomic E-state index is -0.449. The van der Waals surface area contributed by atoms with Crippen LogP contribution < -0.4 is 10.6 Å².